The number of hydrogen-bond acceptors (Lipinski definition) is 4. The van der Waals surface area contributed by atoms with Crippen LogP contribution in [0.4, 0.5) is 14.9 Å². The van der Waals surface area contributed by atoms with Crippen molar-refractivity contribution in [2.45, 2.75) is 12.8 Å². The quantitative estimate of drug-likeness (QED) is 0.837. The molecule has 3 amide bonds. The molecule has 0 aromatic heterocycles. The van der Waals surface area contributed by atoms with Crippen LogP contribution in [-0.2, 0) is 14.3 Å². The van der Waals surface area contributed by atoms with Gasteiger partial charge in [0.05, 0.1) is 19.1 Å². The summed E-state index contributed by atoms with van der Waals surface area (Å²) in [5.41, 5.74) is 0.295. The van der Waals surface area contributed by atoms with Crippen LogP contribution >= 0.6 is 0 Å². The molecule has 152 valence electrons. The van der Waals surface area contributed by atoms with Gasteiger partial charge in [0.15, 0.2) is 0 Å². The molecule has 3 saturated heterocycles. The summed E-state index contributed by atoms with van der Waals surface area (Å²) in [6.45, 7) is 4.47. The molecule has 1 N–H and O–H groups in total. The van der Waals surface area contributed by atoms with E-state index in [1.165, 1.54) is 24.3 Å². The van der Waals surface area contributed by atoms with E-state index in [-0.39, 0.29) is 29.1 Å². The van der Waals surface area contributed by atoms with Crippen LogP contribution in [-0.4, -0.2) is 74.3 Å². The minimum atomic E-state index is -0.350. The molecule has 0 radical (unpaired) electrons. The van der Waals surface area contributed by atoms with Gasteiger partial charge < -0.3 is 24.6 Å². The summed E-state index contributed by atoms with van der Waals surface area (Å²) in [5.74, 6) is -0.466. The largest absolute Gasteiger partial charge is 0.381 e. The predicted octanol–water partition coefficient (Wildman–Crippen LogP) is 1.94. The summed E-state index contributed by atoms with van der Waals surface area (Å²) in [6, 6.07) is 5.43. The summed E-state index contributed by atoms with van der Waals surface area (Å²) in [4.78, 5) is 29.7. The number of carbonyl (C=O) groups excluding carboxylic acids is 2. The summed E-state index contributed by atoms with van der Waals surface area (Å²) >= 11 is 0. The van der Waals surface area contributed by atoms with Crippen molar-refractivity contribution in [3.63, 3.8) is 0 Å². The van der Waals surface area contributed by atoms with Crippen LogP contribution in [0.3, 0.4) is 0 Å². The number of morpholine rings is 1. The Kier molecular flexibility index (Phi) is 5.50. The van der Waals surface area contributed by atoms with Gasteiger partial charge in [0, 0.05) is 50.5 Å². The zero-order valence-electron chi connectivity index (χ0n) is 15.9. The molecule has 0 aliphatic carbocycles. The van der Waals surface area contributed by atoms with Crippen molar-refractivity contribution in [2.24, 2.45) is 11.3 Å². The fraction of sp³-hybridized carbons (Fsp3) is 0.600. The van der Waals surface area contributed by atoms with Crippen LogP contribution in [0.15, 0.2) is 24.3 Å². The first-order valence-corrected chi connectivity index (χ1v) is 9.83. The molecular formula is C20H26FN3O4. The Morgan fingerprint density at radius 2 is 1.64 bits per heavy atom. The van der Waals surface area contributed by atoms with Gasteiger partial charge in [-0.25, -0.2) is 9.18 Å². The van der Waals surface area contributed by atoms with Crippen molar-refractivity contribution in [2.75, 3.05) is 57.9 Å². The number of halogens is 1. The number of ether oxygens (including phenoxy) is 2. The zero-order valence-corrected chi connectivity index (χ0v) is 15.9. The van der Waals surface area contributed by atoms with E-state index in [0.717, 1.165) is 12.8 Å². The highest BCUT2D eigenvalue weighted by atomic mass is 19.1. The lowest BCUT2D eigenvalue weighted by Crippen LogP contribution is -2.49. The van der Waals surface area contributed by atoms with Gasteiger partial charge >= 0.3 is 6.03 Å². The van der Waals surface area contributed by atoms with Gasteiger partial charge in [-0.3, -0.25) is 4.79 Å². The number of benzene rings is 1. The van der Waals surface area contributed by atoms with Crippen LogP contribution in [0.25, 0.3) is 0 Å². The molecule has 3 aliphatic heterocycles. The normalized spacial score (nSPS) is 24.4. The highest BCUT2D eigenvalue weighted by molar-refractivity contribution is 5.90. The summed E-state index contributed by atoms with van der Waals surface area (Å²) < 4.78 is 24.0. The molecule has 3 heterocycles. The van der Waals surface area contributed by atoms with E-state index in [2.05, 4.69) is 5.32 Å². The van der Waals surface area contributed by atoms with Crippen molar-refractivity contribution in [3.8, 4) is 0 Å². The molecule has 1 aromatic rings. The van der Waals surface area contributed by atoms with Crippen molar-refractivity contribution in [3.05, 3.63) is 30.1 Å². The Morgan fingerprint density at radius 1 is 1.00 bits per heavy atom. The van der Waals surface area contributed by atoms with Gasteiger partial charge in [0.2, 0.25) is 5.91 Å². The molecule has 3 aliphatic rings. The maximum absolute atomic E-state index is 13.3. The second-order valence-electron chi connectivity index (χ2n) is 7.78. The molecule has 1 unspecified atom stereocenters. The fourth-order valence-corrected chi connectivity index (χ4v) is 4.49. The topological polar surface area (TPSA) is 71.1 Å². The molecule has 0 saturated carbocycles. The maximum atomic E-state index is 13.3. The second-order valence-corrected chi connectivity index (χ2v) is 7.78. The molecule has 1 aromatic carbocycles. The molecule has 7 nitrogen and oxygen atoms in total. The van der Waals surface area contributed by atoms with E-state index in [9.17, 15) is 14.0 Å². The number of urea groups is 1. The Balaban J connectivity index is 1.49. The van der Waals surface area contributed by atoms with Crippen LogP contribution in [0.2, 0.25) is 0 Å². The van der Waals surface area contributed by atoms with Crippen LogP contribution in [0, 0.1) is 17.2 Å². The Bertz CT molecular complexity index is 715. The third kappa shape index (κ3) is 3.84. The number of likely N-dealkylation sites (tertiary alicyclic amines) is 1. The van der Waals surface area contributed by atoms with E-state index < -0.39 is 0 Å². The zero-order chi connectivity index (χ0) is 19.6. The first-order chi connectivity index (χ1) is 13.6. The average molecular weight is 391 g/mol. The van der Waals surface area contributed by atoms with Crippen molar-refractivity contribution < 1.29 is 23.5 Å². The van der Waals surface area contributed by atoms with Crippen LogP contribution in [0.1, 0.15) is 12.8 Å². The number of anilines is 1. The van der Waals surface area contributed by atoms with Gasteiger partial charge in [-0.15, -0.1) is 0 Å². The summed E-state index contributed by atoms with van der Waals surface area (Å²) in [5, 5.41) is 2.82. The minimum Gasteiger partial charge on any atom is -0.381 e. The van der Waals surface area contributed by atoms with Crippen molar-refractivity contribution in [1.82, 2.24) is 9.80 Å². The van der Waals surface area contributed by atoms with E-state index in [1.54, 1.807) is 4.90 Å². The molecule has 8 heteroatoms. The molecule has 1 atom stereocenters. The van der Waals surface area contributed by atoms with Crippen molar-refractivity contribution >= 4 is 17.6 Å². The van der Waals surface area contributed by atoms with Gasteiger partial charge in [-0.05, 0) is 37.1 Å². The first-order valence-electron chi connectivity index (χ1n) is 9.83. The predicted molar refractivity (Wildman–Crippen MR) is 100 cm³/mol. The highest BCUT2D eigenvalue weighted by Crippen LogP contribution is 2.45. The van der Waals surface area contributed by atoms with Crippen molar-refractivity contribution in [1.29, 1.82) is 0 Å². The number of amides is 3. The number of nitrogens with one attached hydrogen (secondary N) is 1. The van der Waals surface area contributed by atoms with E-state index in [0.29, 0.717) is 58.3 Å². The van der Waals surface area contributed by atoms with Gasteiger partial charge in [0.25, 0.3) is 0 Å². The highest BCUT2D eigenvalue weighted by Gasteiger charge is 2.52. The van der Waals surface area contributed by atoms with Gasteiger partial charge in [-0.2, -0.15) is 0 Å². The van der Waals surface area contributed by atoms with E-state index in [1.807, 2.05) is 4.90 Å². The monoisotopic (exact) mass is 391 g/mol. The van der Waals surface area contributed by atoms with E-state index >= 15 is 0 Å². The second kappa shape index (κ2) is 8.05. The van der Waals surface area contributed by atoms with Gasteiger partial charge in [0.1, 0.15) is 5.82 Å². The lowest BCUT2D eigenvalue weighted by Gasteiger charge is -2.39. The summed E-state index contributed by atoms with van der Waals surface area (Å²) in [7, 11) is 0. The first kappa shape index (κ1) is 19.1. The van der Waals surface area contributed by atoms with Gasteiger partial charge in [-0.1, -0.05) is 0 Å². The SMILES string of the molecule is O=C(Nc1ccc(F)cc1)N1CC(C(=O)N2CCOCC2)C2(CCOCC2)C1. The standard InChI is InChI=1S/C20H26FN3O4/c21-15-1-3-16(4-2-15)22-19(26)24-13-17(18(25)23-7-11-28-12-8-23)20(14-24)5-9-27-10-6-20/h1-4,17H,5-14H2,(H,22,26). The lowest BCUT2D eigenvalue weighted by atomic mass is 9.71. The van der Waals surface area contributed by atoms with E-state index in [4.69, 9.17) is 9.47 Å². The van der Waals surface area contributed by atoms with Crippen LogP contribution in [0.5, 0.6) is 0 Å². The number of carbonyl (C=O) groups is 2. The third-order valence-electron chi connectivity index (χ3n) is 6.14. The molecule has 1 spiro atoms. The molecule has 0 bridgehead atoms. The smallest absolute Gasteiger partial charge is 0.321 e. The molecule has 28 heavy (non-hydrogen) atoms. The maximum Gasteiger partial charge on any atom is 0.321 e. The fourth-order valence-electron chi connectivity index (χ4n) is 4.49. The molecule has 4 rings (SSSR count). The summed E-state index contributed by atoms with van der Waals surface area (Å²) in [6.07, 6.45) is 1.54. The van der Waals surface area contributed by atoms with Crippen LogP contribution < -0.4 is 5.32 Å². The number of hydrogen-bond donors (Lipinski definition) is 1. The Morgan fingerprint density at radius 3 is 2.32 bits per heavy atom. The minimum absolute atomic E-state index is 0.113. The molecule has 3 fully saturated rings. The number of nitrogens with zero attached hydrogens (tertiary/aromatic N) is 2. The molecular weight excluding hydrogens is 365 g/mol. The number of rotatable bonds is 2. The average Bonchev–Trinajstić information content (AvgIpc) is 3.09. The Labute approximate surface area is 163 Å². The third-order valence-corrected chi connectivity index (χ3v) is 6.14. The lowest BCUT2D eigenvalue weighted by molar-refractivity contribution is -0.144. The Hall–Kier alpha value is -2.19.